The van der Waals surface area contributed by atoms with E-state index >= 15 is 0 Å². The SMILES string of the molecule is C[C@H](O)[C@@H](NC(=O)[C@@H](Cc1ccc2ccccc2c1)NC(=O)[C@H](N)Cc1ccc2ccccc2c1)C(=O)O. The summed E-state index contributed by atoms with van der Waals surface area (Å²) in [5, 5.41) is 28.4. The summed E-state index contributed by atoms with van der Waals surface area (Å²) in [6.45, 7) is 1.27. The monoisotopic (exact) mass is 513 g/mol. The number of carboxylic acid groups (broad SMARTS) is 1. The van der Waals surface area contributed by atoms with Gasteiger partial charge in [-0.3, -0.25) is 9.59 Å². The Morgan fingerprint density at radius 1 is 0.737 bits per heavy atom. The molecule has 38 heavy (non-hydrogen) atoms. The Morgan fingerprint density at radius 3 is 1.74 bits per heavy atom. The highest BCUT2D eigenvalue weighted by atomic mass is 16.4. The molecule has 6 N–H and O–H groups in total. The molecular formula is C30H31N3O5. The van der Waals surface area contributed by atoms with Gasteiger partial charge in [0.2, 0.25) is 11.8 Å². The van der Waals surface area contributed by atoms with Crippen molar-refractivity contribution in [2.45, 2.75) is 44.0 Å². The van der Waals surface area contributed by atoms with Crippen LogP contribution in [0.2, 0.25) is 0 Å². The number of benzene rings is 4. The maximum absolute atomic E-state index is 13.2. The van der Waals surface area contributed by atoms with Crippen LogP contribution in [0.1, 0.15) is 18.1 Å². The first-order valence-electron chi connectivity index (χ1n) is 12.4. The predicted molar refractivity (Wildman–Crippen MR) is 146 cm³/mol. The summed E-state index contributed by atoms with van der Waals surface area (Å²) in [5.41, 5.74) is 7.88. The van der Waals surface area contributed by atoms with Gasteiger partial charge in [0.15, 0.2) is 6.04 Å². The van der Waals surface area contributed by atoms with Gasteiger partial charge in [0, 0.05) is 6.42 Å². The lowest BCUT2D eigenvalue weighted by Gasteiger charge is -2.24. The molecule has 4 aromatic carbocycles. The maximum atomic E-state index is 13.2. The molecule has 0 aromatic heterocycles. The van der Waals surface area contributed by atoms with Crippen LogP contribution in [0.3, 0.4) is 0 Å². The molecular weight excluding hydrogens is 482 g/mol. The molecule has 0 saturated heterocycles. The first-order valence-corrected chi connectivity index (χ1v) is 12.4. The summed E-state index contributed by atoms with van der Waals surface area (Å²) in [5.74, 6) is -2.64. The van der Waals surface area contributed by atoms with E-state index in [0.29, 0.717) is 0 Å². The number of aliphatic carboxylic acids is 1. The molecule has 4 rings (SSSR count). The Bertz CT molecular complexity index is 1470. The molecule has 0 aliphatic heterocycles. The fraction of sp³-hybridized carbons (Fsp3) is 0.233. The van der Waals surface area contributed by atoms with Crippen LogP contribution in [-0.2, 0) is 27.2 Å². The van der Waals surface area contributed by atoms with E-state index in [0.717, 1.165) is 32.7 Å². The topological polar surface area (TPSA) is 142 Å². The number of aliphatic hydroxyl groups is 1. The Kier molecular flexibility index (Phi) is 8.35. The van der Waals surface area contributed by atoms with Crippen molar-refractivity contribution in [2.24, 2.45) is 5.73 Å². The van der Waals surface area contributed by atoms with Crippen LogP contribution in [0.4, 0.5) is 0 Å². The van der Waals surface area contributed by atoms with E-state index in [-0.39, 0.29) is 12.8 Å². The first-order chi connectivity index (χ1) is 18.2. The molecule has 4 aromatic rings. The standard InChI is InChI=1S/C30H31N3O5/c1-18(34)27(30(37)38)33-29(36)26(17-20-11-13-22-7-3-5-9-24(22)15-20)32-28(35)25(31)16-19-10-12-21-6-2-4-8-23(21)14-19/h2-15,18,25-27,34H,16-17,31H2,1H3,(H,32,35)(H,33,36)(H,37,38)/t18-,25+,26+,27+/m0/s1. The first kappa shape index (κ1) is 26.8. The lowest BCUT2D eigenvalue weighted by molar-refractivity contribution is -0.145. The van der Waals surface area contributed by atoms with Crippen molar-refractivity contribution in [1.82, 2.24) is 10.6 Å². The van der Waals surface area contributed by atoms with Crippen molar-refractivity contribution < 1.29 is 24.6 Å². The quantitative estimate of drug-likeness (QED) is 0.221. The number of nitrogens with one attached hydrogen (secondary N) is 2. The van der Waals surface area contributed by atoms with E-state index in [4.69, 9.17) is 5.73 Å². The van der Waals surface area contributed by atoms with E-state index in [2.05, 4.69) is 10.6 Å². The van der Waals surface area contributed by atoms with Gasteiger partial charge in [0.05, 0.1) is 12.1 Å². The molecule has 0 spiro atoms. The molecule has 0 saturated carbocycles. The van der Waals surface area contributed by atoms with Gasteiger partial charge in [-0.15, -0.1) is 0 Å². The maximum Gasteiger partial charge on any atom is 0.328 e. The summed E-state index contributed by atoms with van der Waals surface area (Å²) >= 11 is 0. The lowest BCUT2D eigenvalue weighted by atomic mass is 9.99. The van der Waals surface area contributed by atoms with Gasteiger partial charge in [-0.2, -0.15) is 0 Å². The van der Waals surface area contributed by atoms with E-state index in [1.165, 1.54) is 6.92 Å². The number of rotatable bonds is 10. The van der Waals surface area contributed by atoms with Crippen molar-refractivity contribution in [3.8, 4) is 0 Å². The molecule has 0 radical (unpaired) electrons. The summed E-state index contributed by atoms with van der Waals surface area (Å²) in [6.07, 6.45) is -0.965. The van der Waals surface area contributed by atoms with Gasteiger partial charge in [-0.25, -0.2) is 4.79 Å². The van der Waals surface area contributed by atoms with Crippen molar-refractivity contribution in [1.29, 1.82) is 0 Å². The number of carbonyl (C=O) groups is 3. The molecule has 0 bridgehead atoms. The molecule has 4 atom stereocenters. The number of carboxylic acids is 1. The number of carbonyl (C=O) groups excluding carboxylic acids is 2. The van der Waals surface area contributed by atoms with Gasteiger partial charge in [-0.1, -0.05) is 84.9 Å². The summed E-state index contributed by atoms with van der Waals surface area (Å²) in [7, 11) is 0. The van der Waals surface area contributed by atoms with Gasteiger partial charge in [-0.05, 0) is 46.0 Å². The molecule has 0 unspecified atom stereocenters. The van der Waals surface area contributed by atoms with E-state index in [1.807, 2.05) is 84.9 Å². The fourth-order valence-electron chi connectivity index (χ4n) is 4.44. The van der Waals surface area contributed by atoms with Gasteiger partial charge in [0.25, 0.3) is 0 Å². The minimum Gasteiger partial charge on any atom is -0.480 e. The average Bonchev–Trinajstić information content (AvgIpc) is 2.90. The predicted octanol–water partition coefficient (Wildman–Crippen LogP) is 2.54. The third-order valence-corrected chi connectivity index (χ3v) is 6.54. The fourth-order valence-corrected chi connectivity index (χ4v) is 4.44. The molecule has 2 amide bonds. The molecule has 0 heterocycles. The molecule has 8 nitrogen and oxygen atoms in total. The van der Waals surface area contributed by atoms with Crippen LogP contribution in [0, 0.1) is 0 Å². The molecule has 8 heteroatoms. The van der Waals surface area contributed by atoms with Crippen molar-refractivity contribution >= 4 is 39.3 Å². The number of hydrogen-bond acceptors (Lipinski definition) is 5. The number of amides is 2. The average molecular weight is 514 g/mol. The highest BCUT2D eigenvalue weighted by molar-refractivity contribution is 5.92. The minimum atomic E-state index is -1.52. The van der Waals surface area contributed by atoms with E-state index in [9.17, 15) is 24.6 Å². The van der Waals surface area contributed by atoms with Crippen LogP contribution in [0.5, 0.6) is 0 Å². The van der Waals surface area contributed by atoms with Crippen LogP contribution in [-0.4, -0.2) is 52.2 Å². The molecule has 0 aliphatic carbocycles. The summed E-state index contributed by atoms with van der Waals surface area (Å²) in [6, 6.07) is 23.6. The van der Waals surface area contributed by atoms with Crippen LogP contribution < -0.4 is 16.4 Å². The second kappa shape index (κ2) is 11.9. The Morgan fingerprint density at radius 2 is 1.24 bits per heavy atom. The Balaban J connectivity index is 1.53. The highest BCUT2D eigenvalue weighted by Gasteiger charge is 2.30. The Labute approximate surface area is 220 Å². The van der Waals surface area contributed by atoms with Crippen LogP contribution in [0.25, 0.3) is 21.5 Å². The van der Waals surface area contributed by atoms with Gasteiger partial charge >= 0.3 is 5.97 Å². The lowest BCUT2D eigenvalue weighted by Crippen LogP contribution is -2.57. The third-order valence-electron chi connectivity index (χ3n) is 6.54. The summed E-state index contributed by atoms with van der Waals surface area (Å²) < 4.78 is 0. The third kappa shape index (κ3) is 6.53. The van der Waals surface area contributed by atoms with Crippen molar-refractivity contribution in [2.75, 3.05) is 0 Å². The van der Waals surface area contributed by atoms with Crippen LogP contribution >= 0.6 is 0 Å². The second-order valence-electron chi connectivity index (χ2n) is 9.50. The van der Waals surface area contributed by atoms with Gasteiger partial charge in [0.1, 0.15) is 6.04 Å². The van der Waals surface area contributed by atoms with Gasteiger partial charge < -0.3 is 26.6 Å². The van der Waals surface area contributed by atoms with E-state index in [1.54, 1.807) is 0 Å². The molecule has 0 fully saturated rings. The van der Waals surface area contributed by atoms with Crippen molar-refractivity contribution in [3.63, 3.8) is 0 Å². The van der Waals surface area contributed by atoms with E-state index < -0.39 is 42.0 Å². The van der Waals surface area contributed by atoms with Crippen molar-refractivity contribution in [3.05, 3.63) is 96.1 Å². The molecule has 0 aliphatic rings. The zero-order chi connectivity index (χ0) is 27.2. The zero-order valence-electron chi connectivity index (χ0n) is 21.0. The smallest absolute Gasteiger partial charge is 0.328 e. The number of aliphatic hydroxyl groups excluding tert-OH is 1. The largest absolute Gasteiger partial charge is 0.480 e. The normalized spacial score (nSPS) is 14.4. The van der Waals surface area contributed by atoms with Crippen LogP contribution in [0.15, 0.2) is 84.9 Å². The number of hydrogen-bond donors (Lipinski definition) is 5. The molecule has 196 valence electrons. The number of nitrogens with two attached hydrogens (primary N) is 1. The second-order valence-corrected chi connectivity index (χ2v) is 9.50. The zero-order valence-corrected chi connectivity index (χ0v) is 21.0. The minimum absolute atomic E-state index is 0.108. The Hall–Kier alpha value is -4.27. The number of fused-ring (bicyclic) bond motifs is 2. The highest BCUT2D eigenvalue weighted by Crippen LogP contribution is 2.18. The summed E-state index contributed by atoms with van der Waals surface area (Å²) in [4.78, 5) is 37.8.